The summed E-state index contributed by atoms with van der Waals surface area (Å²) in [5.41, 5.74) is 5.65. The van der Waals surface area contributed by atoms with Crippen molar-refractivity contribution in [2.75, 3.05) is 5.43 Å². The maximum Gasteiger partial charge on any atom is 0.115 e. The largest absolute Gasteiger partial charge is 0.508 e. The fraction of sp³-hybridized carbons (Fsp3) is 0. The highest BCUT2D eigenvalue weighted by Gasteiger charge is 1.99. The van der Waals surface area contributed by atoms with Crippen molar-refractivity contribution >= 4 is 22.8 Å². The SMILES string of the molecule is Oc1ccc(C=NNc2cccc3cccnc23)cc1. The number of rotatable bonds is 3. The molecule has 0 atom stereocenters. The minimum absolute atomic E-state index is 0.244. The van der Waals surface area contributed by atoms with Gasteiger partial charge in [-0.2, -0.15) is 5.10 Å². The van der Waals surface area contributed by atoms with Crippen LogP contribution < -0.4 is 5.43 Å². The predicted molar refractivity (Wildman–Crippen MR) is 81.1 cm³/mol. The van der Waals surface area contributed by atoms with E-state index in [-0.39, 0.29) is 5.75 Å². The van der Waals surface area contributed by atoms with E-state index >= 15 is 0 Å². The van der Waals surface area contributed by atoms with E-state index in [1.165, 1.54) is 0 Å². The first-order valence-electron chi connectivity index (χ1n) is 6.25. The lowest BCUT2D eigenvalue weighted by Crippen LogP contribution is -1.92. The highest BCUT2D eigenvalue weighted by Crippen LogP contribution is 2.20. The molecule has 0 saturated heterocycles. The van der Waals surface area contributed by atoms with Gasteiger partial charge in [0.05, 0.1) is 17.4 Å². The second-order valence-corrected chi connectivity index (χ2v) is 4.34. The van der Waals surface area contributed by atoms with E-state index in [9.17, 15) is 5.11 Å². The average Bonchev–Trinajstić information content (AvgIpc) is 2.49. The van der Waals surface area contributed by atoms with Crippen molar-refractivity contribution in [1.29, 1.82) is 0 Å². The molecule has 20 heavy (non-hydrogen) atoms. The summed E-state index contributed by atoms with van der Waals surface area (Å²) < 4.78 is 0. The van der Waals surface area contributed by atoms with Gasteiger partial charge in [0.15, 0.2) is 0 Å². The second-order valence-electron chi connectivity index (χ2n) is 4.34. The van der Waals surface area contributed by atoms with Crippen molar-refractivity contribution in [3.8, 4) is 5.75 Å². The van der Waals surface area contributed by atoms with Crippen molar-refractivity contribution < 1.29 is 5.11 Å². The van der Waals surface area contributed by atoms with Gasteiger partial charge in [-0.15, -0.1) is 0 Å². The Kier molecular flexibility index (Phi) is 3.29. The number of aromatic nitrogens is 1. The molecule has 0 bridgehead atoms. The standard InChI is InChI=1S/C16H13N3O/c20-14-8-6-12(7-9-14)11-18-19-15-5-1-3-13-4-2-10-17-16(13)15/h1-11,19-20H. The molecule has 0 amide bonds. The predicted octanol–water partition coefficient (Wildman–Crippen LogP) is 3.39. The van der Waals surface area contributed by atoms with Gasteiger partial charge in [0.25, 0.3) is 0 Å². The summed E-state index contributed by atoms with van der Waals surface area (Å²) in [5.74, 6) is 0.244. The molecule has 0 radical (unpaired) electrons. The van der Waals surface area contributed by atoms with Crippen LogP contribution in [0.15, 0.2) is 65.9 Å². The number of phenolic OH excluding ortho intramolecular Hbond substituents is 1. The Balaban J connectivity index is 1.81. The molecule has 3 rings (SSSR count). The van der Waals surface area contributed by atoms with E-state index in [4.69, 9.17) is 0 Å². The highest BCUT2D eigenvalue weighted by atomic mass is 16.3. The Morgan fingerprint density at radius 3 is 2.65 bits per heavy atom. The number of nitrogens with zero attached hydrogens (tertiary/aromatic N) is 2. The molecule has 2 N–H and O–H groups in total. The van der Waals surface area contributed by atoms with Crippen LogP contribution in [0.3, 0.4) is 0 Å². The third-order valence-electron chi connectivity index (χ3n) is 2.92. The number of fused-ring (bicyclic) bond motifs is 1. The number of nitrogens with one attached hydrogen (secondary N) is 1. The number of hydrazone groups is 1. The molecule has 0 fully saturated rings. The van der Waals surface area contributed by atoms with E-state index in [2.05, 4.69) is 15.5 Å². The number of phenols is 1. The molecule has 4 nitrogen and oxygen atoms in total. The van der Waals surface area contributed by atoms with Gasteiger partial charge in [-0.25, -0.2) is 0 Å². The summed E-state index contributed by atoms with van der Waals surface area (Å²) in [7, 11) is 0. The lowest BCUT2D eigenvalue weighted by molar-refractivity contribution is 0.475. The number of para-hydroxylation sites is 1. The third-order valence-corrected chi connectivity index (χ3v) is 2.92. The molecule has 0 aliphatic rings. The van der Waals surface area contributed by atoms with Crippen LogP contribution in [-0.2, 0) is 0 Å². The molecule has 2 aromatic carbocycles. The molecular weight excluding hydrogens is 250 g/mol. The Morgan fingerprint density at radius 2 is 1.80 bits per heavy atom. The van der Waals surface area contributed by atoms with Gasteiger partial charge in [-0.3, -0.25) is 10.4 Å². The highest BCUT2D eigenvalue weighted by molar-refractivity contribution is 5.90. The zero-order chi connectivity index (χ0) is 13.8. The molecule has 0 aliphatic carbocycles. The van der Waals surface area contributed by atoms with Gasteiger partial charge >= 0.3 is 0 Å². The molecule has 1 aromatic heterocycles. The lowest BCUT2D eigenvalue weighted by Gasteiger charge is -2.04. The average molecular weight is 263 g/mol. The summed E-state index contributed by atoms with van der Waals surface area (Å²) in [6, 6.07) is 16.7. The monoisotopic (exact) mass is 263 g/mol. The molecule has 0 spiro atoms. The Bertz CT molecular complexity index is 746. The number of hydrogen-bond acceptors (Lipinski definition) is 4. The normalized spacial score (nSPS) is 11.0. The van der Waals surface area contributed by atoms with E-state index < -0.39 is 0 Å². The minimum Gasteiger partial charge on any atom is -0.508 e. The number of pyridine rings is 1. The molecule has 0 unspecified atom stereocenters. The molecule has 1 heterocycles. The van der Waals surface area contributed by atoms with Crippen LogP contribution in [0.2, 0.25) is 0 Å². The third kappa shape index (κ3) is 2.59. The fourth-order valence-corrected chi connectivity index (χ4v) is 1.93. The van der Waals surface area contributed by atoms with Gasteiger partial charge in [-0.05, 0) is 42.0 Å². The van der Waals surface area contributed by atoms with Crippen LogP contribution in [0.1, 0.15) is 5.56 Å². The van der Waals surface area contributed by atoms with Crippen LogP contribution >= 0.6 is 0 Å². The van der Waals surface area contributed by atoms with Crippen LogP contribution in [0.25, 0.3) is 10.9 Å². The van der Waals surface area contributed by atoms with E-state index in [1.54, 1.807) is 36.7 Å². The van der Waals surface area contributed by atoms with Gasteiger partial charge in [0.2, 0.25) is 0 Å². The van der Waals surface area contributed by atoms with Crippen molar-refractivity contribution in [3.05, 3.63) is 66.4 Å². The van der Waals surface area contributed by atoms with Gasteiger partial charge < -0.3 is 5.11 Å². The topological polar surface area (TPSA) is 57.5 Å². The van der Waals surface area contributed by atoms with E-state index in [1.807, 2.05) is 30.3 Å². The quantitative estimate of drug-likeness (QED) is 0.562. The van der Waals surface area contributed by atoms with E-state index in [0.717, 1.165) is 22.2 Å². The van der Waals surface area contributed by atoms with Crippen molar-refractivity contribution in [3.63, 3.8) is 0 Å². The molecule has 0 saturated carbocycles. The maximum absolute atomic E-state index is 9.21. The summed E-state index contributed by atoms with van der Waals surface area (Å²) in [6.45, 7) is 0. The van der Waals surface area contributed by atoms with Crippen LogP contribution in [-0.4, -0.2) is 16.3 Å². The van der Waals surface area contributed by atoms with Crippen molar-refractivity contribution in [1.82, 2.24) is 4.98 Å². The van der Waals surface area contributed by atoms with Crippen LogP contribution in [0.5, 0.6) is 5.75 Å². The molecule has 98 valence electrons. The zero-order valence-corrected chi connectivity index (χ0v) is 10.7. The Hall–Kier alpha value is -2.88. The Labute approximate surface area is 116 Å². The number of anilines is 1. The van der Waals surface area contributed by atoms with Crippen molar-refractivity contribution in [2.45, 2.75) is 0 Å². The summed E-state index contributed by atoms with van der Waals surface area (Å²) in [5, 5.41) is 14.5. The van der Waals surface area contributed by atoms with Crippen molar-refractivity contribution in [2.24, 2.45) is 5.10 Å². The molecule has 3 aromatic rings. The molecule has 4 heteroatoms. The maximum atomic E-state index is 9.21. The first-order chi connectivity index (χ1) is 9.83. The van der Waals surface area contributed by atoms with E-state index in [0.29, 0.717) is 0 Å². The van der Waals surface area contributed by atoms with Gasteiger partial charge in [-0.1, -0.05) is 18.2 Å². The minimum atomic E-state index is 0.244. The molecule has 0 aliphatic heterocycles. The second kappa shape index (κ2) is 5.40. The molecular formula is C16H13N3O. The van der Waals surface area contributed by atoms with Gasteiger partial charge in [0.1, 0.15) is 5.75 Å². The van der Waals surface area contributed by atoms with Crippen LogP contribution in [0.4, 0.5) is 5.69 Å². The number of benzene rings is 2. The lowest BCUT2D eigenvalue weighted by atomic mass is 10.2. The fourth-order valence-electron chi connectivity index (χ4n) is 1.93. The summed E-state index contributed by atoms with van der Waals surface area (Å²) in [4.78, 5) is 4.35. The number of hydrogen-bond donors (Lipinski definition) is 2. The summed E-state index contributed by atoms with van der Waals surface area (Å²) in [6.07, 6.45) is 3.46. The first-order valence-corrected chi connectivity index (χ1v) is 6.25. The number of aromatic hydroxyl groups is 1. The smallest absolute Gasteiger partial charge is 0.115 e. The summed E-state index contributed by atoms with van der Waals surface area (Å²) >= 11 is 0. The zero-order valence-electron chi connectivity index (χ0n) is 10.7. The van der Waals surface area contributed by atoms with Crippen LogP contribution in [0, 0.1) is 0 Å². The first kappa shape index (κ1) is 12.2. The van der Waals surface area contributed by atoms with Gasteiger partial charge in [0, 0.05) is 11.6 Å². The Morgan fingerprint density at radius 1 is 1.00 bits per heavy atom.